The van der Waals surface area contributed by atoms with Crippen LogP contribution in [-0.2, 0) is 0 Å². The maximum Gasteiger partial charge on any atom is 0.251 e. The topological polar surface area (TPSA) is 110 Å². The highest BCUT2D eigenvalue weighted by atomic mass is 35.5. The molecule has 1 amide bonds. The zero-order valence-corrected chi connectivity index (χ0v) is 10.3. The molecule has 8 heteroatoms. The Balaban J connectivity index is 2.10. The average molecular weight is 267 g/mol. The normalized spacial score (nSPS) is 12.1. The van der Waals surface area contributed by atoms with Gasteiger partial charge in [-0.25, -0.2) is 0 Å². The van der Waals surface area contributed by atoms with Crippen molar-refractivity contribution in [3.8, 4) is 0 Å². The predicted molar refractivity (Wildman–Crippen MR) is 65.9 cm³/mol. The number of tetrazole rings is 1. The van der Waals surface area contributed by atoms with Crippen LogP contribution < -0.4 is 11.1 Å². The molecule has 0 aliphatic rings. The number of nitrogen functional groups attached to an aromatic ring is 1. The number of nitrogens with zero attached hydrogens (tertiary/aromatic N) is 3. The van der Waals surface area contributed by atoms with Crippen molar-refractivity contribution < 1.29 is 4.79 Å². The Morgan fingerprint density at radius 1 is 1.56 bits per heavy atom. The van der Waals surface area contributed by atoms with Crippen LogP contribution >= 0.6 is 11.6 Å². The van der Waals surface area contributed by atoms with Crippen molar-refractivity contribution >= 4 is 23.2 Å². The molecule has 1 atom stereocenters. The van der Waals surface area contributed by atoms with Crippen molar-refractivity contribution in [3.05, 3.63) is 34.6 Å². The summed E-state index contributed by atoms with van der Waals surface area (Å²) in [5.74, 6) is 0.124. The lowest BCUT2D eigenvalue weighted by Crippen LogP contribution is -2.27. The standard InChI is InChI=1S/C10H11ClN6O/c1-5(9-14-16-17-15-9)13-10(18)6-2-3-8(12)7(11)4-6/h2-5H,12H2,1H3,(H,13,18)(H,14,15,16,17). The molecule has 0 aliphatic heterocycles. The smallest absolute Gasteiger partial charge is 0.251 e. The number of hydrogen-bond acceptors (Lipinski definition) is 5. The number of carbonyl (C=O) groups excluding carboxylic acids is 1. The summed E-state index contributed by atoms with van der Waals surface area (Å²) in [6, 6.07) is 4.33. The van der Waals surface area contributed by atoms with Crippen LogP contribution in [0.2, 0.25) is 5.02 Å². The molecule has 1 aromatic carbocycles. The number of aromatic amines is 1. The molecular weight excluding hydrogens is 256 g/mol. The van der Waals surface area contributed by atoms with Crippen LogP contribution in [0.4, 0.5) is 5.69 Å². The van der Waals surface area contributed by atoms with Crippen molar-refractivity contribution in [1.29, 1.82) is 0 Å². The lowest BCUT2D eigenvalue weighted by molar-refractivity contribution is 0.0938. The van der Waals surface area contributed by atoms with Crippen LogP contribution in [0.1, 0.15) is 29.1 Å². The summed E-state index contributed by atoms with van der Waals surface area (Å²) in [6.07, 6.45) is 0. The van der Waals surface area contributed by atoms with Gasteiger partial charge in [-0.1, -0.05) is 16.8 Å². The summed E-state index contributed by atoms with van der Waals surface area (Å²) < 4.78 is 0. The second kappa shape index (κ2) is 5.01. The summed E-state index contributed by atoms with van der Waals surface area (Å²) in [5, 5.41) is 16.4. The Morgan fingerprint density at radius 3 is 2.94 bits per heavy atom. The lowest BCUT2D eigenvalue weighted by atomic mass is 10.2. The first-order valence-corrected chi connectivity index (χ1v) is 5.55. The van der Waals surface area contributed by atoms with E-state index in [1.807, 2.05) is 0 Å². The summed E-state index contributed by atoms with van der Waals surface area (Å²) in [5.41, 5.74) is 6.42. The summed E-state index contributed by atoms with van der Waals surface area (Å²) in [6.45, 7) is 1.75. The van der Waals surface area contributed by atoms with Gasteiger partial charge in [0.2, 0.25) is 0 Å². The quantitative estimate of drug-likeness (QED) is 0.716. The zero-order chi connectivity index (χ0) is 13.1. The van der Waals surface area contributed by atoms with Gasteiger partial charge in [-0.15, -0.1) is 10.2 Å². The third-order valence-corrected chi connectivity index (χ3v) is 2.69. The van der Waals surface area contributed by atoms with Crippen molar-refractivity contribution in [2.45, 2.75) is 13.0 Å². The van der Waals surface area contributed by atoms with Crippen molar-refractivity contribution in [3.63, 3.8) is 0 Å². The first kappa shape index (κ1) is 12.3. The van der Waals surface area contributed by atoms with E-state index in [0.29, 0.717) is 22.1 Å². The van der Waals surface area contributed by atoms with Gasteiger partial charge in [0, 0.05) is 5.56 Å². The molecule has 2 rings (SSSR count). The van der Waals surface area contributed by atoms with E-state index in [9.17, 15) is 4.79 Å². The van der Waals surface area contributed by atoms with Gasteiger partial charge in [0.15, 0.2) is 5.82 Å². The maximum absolute atomic E-state index is 11.9. The van der Waals surface area contributed by atoms with E-state index < -0.39 is 0 Å². The fraction of sp³-hybridized carbons (Fsp3) is 0.200. The Morgan fingerprint density at radius 2 is 2.33 bits per heavy atom. The third-order valence-electron chi connectivity index (χ3n) is 2.36. The first-order valence-electron chi connectivity index (χ1n) is 5.17. The summed E-state index contributed by atoms with van der Waals surface area (Å²) in [7, 11) is 0. The number of rotatable bonds is 3. The van der Waals surface area contributed by atoms with E-state index >= 15 is 0 Å². The van der Waals surface area contributed by atoms with Gasteiger partial charge in [-0.2, -0.15) is 5.21 Å². The highest BCUT2D eigenvalue weighted by molar-refractivity contribution is 6.33. The number of hydrogen-bond donors (Lipinski definition) is 3. The van der Waals surface area contributed by atoms with Gasteiger partial charge in [-0.05, 0) is 25.1 Å². The number of benzene rings is 1. The number of amides is 1. The maximum atomic E-state index is 11.9. The minimum Gasteiger partial charge on any atom is -0.398 e. The van der Waals surface area contributed by atoms with Crippen LogP contribution in [0, 0.1) is 0 Å². The van der Waals surface area contributed by atoms with E-state index in [-0.39, 0.29) is 11.9 Å². The largest absolute Gasteiger partial charge is 0.398 e. The number of aromatic nitrogens is 4. The number of H-pyrrole nitrogens is 1. The van der Waals surface area contributed by atoms with Gasteiger partial charge < -0.3 is 11.1 Å². The Kier molecular flexibility index (Phi) is 3.42. The zero-order valence-electron chi connectivity index (χ0n) is 9.51. The van der Waals surface area contributed by atoms with Gasteiger partial charge in [0.05, 0.1) is 16.8 Å². The van der Waals surface area contributed by atoms with E-state index in [0.717, 1.165) is 0 Å². The van der Waals surface area contributed by atoms with Crippen molar-refractivity contribution in [2.24, 2.45) is 0 Å². The molecule has 0 radical (unpaired) electrons. The van der Waals surface area contributed by atoms with E-state index in [2.05, 4.69) is 25.9 Å². The fourth-order valence-corrected chi connectivity index (χ4v) is 1.55. The van der Waals surface area contributed by atoms with Crippen LogP contribution in [0.3, 0.4) is 0 Å². The molecule has 0 aliphatic carbocycles. The Labute approximate surface area is 108 Å². The highest BCUT2D eigenvalue weighted by Gasteiger charge is 2.15. The molecule has 2 aromatic rings. The lowest BCUT2D eigenvalue weighted by Gasteiger charge is -2.10. The minimum atomic E-state index is -0.354. The average Bonchev–Trinajstić information content (AvgIpc) is 2.86. The van der Waals surface area contributed by atoms with E-state index in [4.69, 9.17) is 17.3 Å². The molecule has 0 saturated heterocycles. The second-order valence-electron chi connectivity index (χ2n) is 3.70. The number of carbonyl (C=O) groups is 1. The molecule has 0 bridgehead atoms. The SMILES string of the molecule is CC(NC(=O)c1ccc(N)c(Cl)c1)c1nn[nH]n1. The molecular formula is C10H11ClN6O. The molecule has 1 aromatic heterocycles. The molecule has 0 spiro atoms. The van der Waals surface area contributed by atoms with Crippen molar-refractivity contribution in [2.75, 3.05) is 5.73 Å². The van der Waals surface area contributed by atoms with E-state index in [1.165, 1.54) is 6.07 Å². The molecule has 0 fully saturated rings. The monoisotopic (exact) mass is 266 g/mol. The number of nitrogens with one attached hydrogen (secondary N) is 2. The van der Waals surface area contributed by atoms with Gasteiger partial charge >= 0.3 is 0 Å². The molecule has 4 N–H and O–H groups in total. The molecule has 18 heavy (non-hydrogen) atoms. The summed E-state index contributed by atoms with van der Waals surface area (Å²) in [4.78, 5) is 11.9. The summed E-state index contributed by atoms with van der Waals surface area (Å²) >= 11 is 5.85. The van der Waals surface area contributed by atoms with Crippen LogP contribution in [0.5, 0.6) is 0 Å². The predicted octanol–water partition coefficient (Wildman–Crippen LogP) is 0.926. The van der Waals surface area contributed by atoms with Gasteiger partial charge in [0.1, 0.15) is 0 Å². The fourth-order valence-electron chi connectivity index (χ4n) is 1.37. The molecule has 1 unspecified atom stereocenters. The Hall–Kier alpha value is -2.15. The van der Waals surface area contributed by atoms with Gasteiger partial charge in [0.25, 0.3) is 5.91 Å². The molecule has 0 saturated carbocycles. The van der Waals surface area contributed by atoms with Crippen LogP contribution in [0.15, 0.2) is 18.2 Å². The van der Waals surface area contributed by atoms with Crippen LogP contribution in [0.25, 0.3) is 0 Å². The first-order chi connectivity index (χ1) is 8.58. The highest BCUT2D eigenvalue weighted by Crippen LogP contribution is 2.20. The van der Waals surface area contributed by atoms with E-state index in [1.54, 1.807) is 19.1 Å². The van der Waals surface area contributed by atoms with Gasteiger partial charge in [-0.3, -0.25) is 4.79 Å². The second-order valence-corrected chi connectivity index (χ2v) is 4.11. The molecule has 1 heterocycles. The number of anilines is 1. The molecule has 94 valence electrons. The number of nitrogens with two attached hydrogens (primary N) is 1. The Bertz CT molecular complexity index is 556. The minimum absolute atomic E-state index is 0.283. The van der Waals surface area contributed by atoms with Crippen LogP contribution in [-0.4, -0.2) is 26.5 Å². The molecule has 7 nitrogen and oxygen atoms in total. The third kappa shape index (κ3) is 2.57. The number of halogens is 1. The van der Waals surface area contributed by atoms with Crippen molar-refractivity contribution in [1.82, 2.24) is 25.9 Å².